The molecule has 1 fully saturated rings. The van der Waals surface area contributed by atoms with Gasteiger partial charge in [0.05, 0.1) is 23.8 Å². The Labute approximate surface area is 114 Å². The molecule has 0 atom stereocenters. The van der Waals surface area contributed by atoms with E-state index in [1.165, 1.54) is 0 Å². The van der Waals surface area contributed by atoms with E-state index in [9.17, 15) is 0 Å². The molecule has 0 aliphatic carbocycles. The Hall–Kier alpha value is -0.0400. The molecule has 1 aliphatic rings. The van der Waals surface area contributed by atoms with Gasteiger partial charge in [-0.1, -0.05) is 11.6 Å². The second-order valence-electron chi connectivity index (χ2n) is 3.77. The lowest BCUT2D eigenvalue weighted by Gasteiger charge is -2.48. The summed E-state index contributed by atoms with van der Waals surface area (Å²) < 4.78 is 11.8. The summed E-state index contributed by atoms with van der Waals surface area (Å²) in [6, 6.07) is 6.03. The largest absolute Gasteiger partial charge is 0.359 e. The van der Waals surface area contributed by atoms with Crippen molar-refractivity contribution in [1.82, 2.24) is 0 Å². The van der Waals surface area contributed by atoms with Crippen molar-refractivity contribution < 1.29 is 9.47 Å². The van der Waals surface area contributed by atoms with Gasteiger partial charge in [0.15, 0.2) is 0 Å². The molecule has 5 heteroatoms. The molecular formula is C11H13ClINO2. The molecule has 1 heterocycles. The average Bonchev–Trinajstić information content (AvgIpc) is 2.20. The first-order chi connectivity index (χ1) is 7.60. The van der Waals surface area contributed by atoms with Crippen LogP contribution in [-0.2, 0) is 9.47 Å². The van der Waals surface area contributed by atoms with Crippen LogP contribution in [0.15, 0.2) is 18.2 Å². The Kier molecular flexibility index (Phi) is 3.63. The summed E-state index contributed by atoms with van der Waals surface area (Å²) in [5.41, 5.74) is 1.03. The van der Waals surface area contributed by atoms with E-state index in [4.69, 9.17) is 21.1 Å². The fraction of sp³-hybridized carbons (Fsp3) is 0.455. The third-order valence-corrected chi connectivity index (χ3v) is 3.83. The van der Waals surface area contributed by atoms with Crippen LogP contribution in [0, 0.1) is 3.57 Å². The van der Waals surface area contributed by atoms with E-state index >= 15 is 0 Å². The molecule has 0 amide bonds. The molecule has 0 bridgehead atoms. The molecule has 88 valence electrons. The van der Waals surface area contributed by atoms with Gasteiger partial charge in [0.2, 0.25) is 5.79 Å². The summed E-state index contributed by atoms with van der Waals surface area (Å²) in [4.78, 5) is 2.14. The van der Waals surface area contributed by atoms with Gasteiger partial charge < -0.3 is 14.4 Å². The van der Waals surface area contributed by atoms with Gasteiger partial charge in [0, 0.05) is 17.8 Å². The van der Waals surface area contributed by atoms with Crippen LogP contribution >= 0.6 is 34.2 Å². The third kappa shape index (κ3) is 2.16. The van der Waals surface area contributed by atoms with Crippen molar-refractivity contribution in [2.24, 2.45) is 0 Å². The maximum atomic E-state index is 6.19. The lowest BCUT2D eigenvalue weighted by Crippen LogP contribution is -2.64. The molecule has 1 saturated heterocycles. The number of methoxy groups -OCH3 is 2. The maximum Gasteiger partial charge on any atom is 0.203 e. The van der Waals surface area contributed by atoms with Crippen LogP contribution in [0.3, 0.4) is 0 Å². The van der Waals surface area contributed by atoms with Crippen LogP contribution < -0.4 is 4.90 Å². The van der Waals surface area contributed by atoms with Crippen molar-refractivity contribution >= 4 is 39.9 Å². The Morgan fingerprint density at radius 3 is 2.44 bits per heavy atom. The van der Waals surface area contributed by atoms with Crippen molar-refractivity contribution in [2.45, 2.75) is 5.79 Å². The molecule has 16 heavy (non-hydrogen) atoms. The molecule has 0 unspecified atom stereocenters. The van der Waals surface area contributed by atoms with Crippen molar-refractivity contribution in [3.8, 4) is 0 Å². The van der Waals surface area contributed by atoms with Gasteiger partial charge in [-0.05, 0) is 40.8 Å². The highest BCUT2D eigenvalue weighted by molar-refractivity contribution is 14.1. The Bertz CT molecular complexity index is 388. The van der Waals surface area contributed by atoms with E-state index in [0.29, 0.717) is 13.1 Å². The van der Waals surface area contributed by atoms with Crippen molar-refractivity contribution in [3.05, 3.63) is 26.8 Å². The van der Waals surface area contributed by atoms with Crippen LogP contribution in [0.4, 0.5) is 5.69 Å². The zero-order chi connectivity index (χ0) is 11.8. The second kappa shape index (κ2) is 4.68. The third-order valence-electron chi connectivity index (χ3n) is 2.86. The summed E-state index contributed by atoms with van der Waals surface area (Å²) in [5, 5.41) is 0.771. The smallest absolute Gasteiger partial charge is 0.203 e. The highest BCUT2D eigenvalue weighted by Gasteiger charge is 2.44. The first-order valence-electron chi connectivity index (χ1n) is 4.90. The van der Waals surface area contributed by atoms with Gasteiger partial charge in [0.25, 0.3) is 0 Å². The Balaban J connectivity index is 2.12. The zero-order valence-corrected chi connectivity index (χ0v) is 12.1. The molecule has 0 N–H and O–H groups in total. The number of hydrogen-bond donors (Lipinski definition) is 0. The number of rotatable bonds is 3. The van der Waals surface area contributed by atoms with E-state index in [0.717, 1.165) is 14.3 Å². The number of ether oxygens (including phenoxy) is 2. The fourth-order valence-corrected chi connectivity index (χ4v) is 2.76. The molecule has 1 aromatic rings. The number of halogens is 2. The molecule has 0 spiro atoms. The first-order valence-corrected chi connectivity index (χ1v) is 6.36. The Morgan fingerprint density at radius 2 is 1.94 bits per heavy atom. The van der Waals surface area contributed by atoms with Crippen LogP contribution in [-0.4, -0.2) is 33.1 Å². The summed E-state index contributed by atoms with van der Waals surface area (Å²) in [6.07, 6.45) is 0. The molecule has 0 aromatic heterocycles. The number of hydrogen-bond acceptors (Lipinski definition) is 3. The van der Waals surface area contributed by atoms with E-state index in [1.54, 1.807) is 14.2 Å². The fourth-order valence-electron chi connectivity index (χ4n) is 1.78. The molecule has 3 nitrogen and oxygen atoms in total. The standard InChI is InChI=1S/C11H13ClINO2/c1-15-11(16-2)6-14(7-11)10-4-3-8(13)5-9(10)12/h3-5H,6-7H2,1-2H3. The zero-order valence-electron chi connectivity index (χ0n) is 9.17. The van der Waals surface area contributed by atoms with Gasteiger partial charge >= 0.3 is 0 Å². The summed E-state index contributed by atoms with van der Waals surface area (Å²) >= 11 is 8.43. The van der Waals surface area contributed by atoms with Gasteiger partial charge in [0.1, 0.15) is 0 Å². The van der Waals surface area contributed by atoms with Crippen molar-refractivity contribution in [1.29, 1.82) is 0 Å². The normalized spacial score (nSPS) is 18.4. The highest BCUT2D eigenvalue weighted by atomic mass is 127. The van der Waals surface area contributed by atoms with Crippen molar-refractivity contribution in [2.75, 3.05) is 32.2 Å². The monoisotopic (exact) mass is 353 g/mol. The van der Waals surface area contributed by atoms with Crippen LogP contribution in [0.1, 0.15) is 0 Å². The molecular weight excluding hydrogens is 340 g/mol. The maximum absolute atomic E-state index is 6.19. The number of anilines is 1. The van der Waals surface area contributed by atoms with Gasteiger partial charge in [-0.15, -0.1) is 0 Å². The van der Waals surface area contributed by atoms with E-state index < -0.39 is 5.79 Å². The predicted molar refractivity (Wildman–Crippen MR) is 73.1 cm³/mol. The summed E-state index contributed by atoms with van der Waals surface area (Å²) in [7, 11) is 3.33. The van der Waals surface area contributed by atoms with E-state index in [1.807, 2.05) is 18.2 Å². The van der Waals surface area contributed by atoms with Gasteiger partial charge in [-0.2, -0.15) is 0 Å². The van der Waals surface area contributed by atoms with E-state index in [-0.39, 0.29) is 0 Å². The number of nitrogens with zero attached hydrogens (tertiary/aromatic N) is 1. The topological polar surface area (TPSA) is 21.7 Å². The van der Waals surface area contributed by atoms with Gasteiger partial charge in [-0.3, -0.25) is 0 Å². The van der Waals surface area contributed by atoms with Crippen molar-refractivity contribution in [3.63, 3.8) is 0 Å². The summed E-state index contributed by atoms with van der Waals surface area (Å²) in [6.45, 7) is 1.42. The van der Waals surface area contributed by atoms with Crippen LogP contribution in [0.5, 0.6) is 0 Å². The minimum atomic E-state index is -0.466. The number of benzene rings is 1. The minimum absolute atomic E-state index is 0.466. The summed E-state index contributed by atoms with van der Waals surface area (Å²) in [5.74, 6) is -0.466. The molecule has 1 aliphatic heterocycles. The lowest BCUT2D eigenvalue weighted by molar-refractivity contribution is -0.219. The van der Waals surface area contributed by atoms with Crippen LogP contribution in [0.2, 0.25) is 5.02 Å². The minimum Gasteiger partial charge on any atom is -0.359 e. The highest BCUT2D eigenvalue weighted by Crippen LogP contribution is 2.35. The van der Waals surface area contributed by atoms with E-state index in [2.05, 4.69) is 27.5 Å². The van der Waals surface area contributed by atoms with Gasteiger partial charge in [-0.25, -0.2) is 0 Å². The lowest BCUT2D eigenvalue weighted by atomic mass is 10.1. The average molecular weight is 354 g/mol. The molecule has 1 aromatic carbocycles. The molecule has 0 radical (unpaired) electrons. The molecule has 0 saturated carbocycles. The second-order valence-corrected chi connectivity index (χ2v) is 5.42. The predicted octanol–water partition coefficient (Wildman–Crippen LogP) is 2.75. The first kappa shape index (κ1) is 12.4. The quantitative estimate of drug-likeness (QED) is 0.616. The Morgan fingerprint density at radius 1 is 1.31 bits per heavy atom. The molecule has 2 rings (SSSR count). The SMILES string of the molecule is COC1(OC)CN(c2ccc(I)cc2Cl)C1. The van der Waals surface area contributed by atoms with Crippen LogP contribution in [0.25, 0.3) is 0 Å².